The third kappa shape index (κ3) is 3.20. The first kappa shape index (κ1) is 11.9. The number of fused-ring (bicyclic) bond motifs is 1. The summed E-state index contributed by atoms with van der Waals surface area (Å²) in [5.74, 6) is 0. The highest BCUT2D eigenvalue weighted by molar-refractivity contribution is 7.17. The zero-order valence-electron chi connectivity index (χ0n) is 9.99. The van der Waals surface area contributed by atoms with E-state index in [0.29, 0.717) is 6.54 Å². The lowest BCUT2D eigenvalue weighted by atomic mass is 10.2. The molecule has 3 nitrogen and oxygen atoms in total. The molecule has 4 heteroatoms. The van der Waals surface area contributed by atoms with Crippen LogP contribution in [0.2, 0.25) is 0 Å². The van der Waals surface area contributed by atoms with E-state index in [1.54, 1.807) is 11.3 Å². The van der Waals surface area contributed by atoms with Gasteiger partial charge in [0.2, 0.25) is 0 Å². The summed E-state index contributed by atoms with van der Waals surface area (Å²) in [6, 6.07) is 8.39. The van der Waals surface area contributed by atoms with Crippen molar-refractivity contribution in [3.05, 3.63) is 35.2 Å². The van der Waals surface area contributed by atoms with Gasteiger partial charge in [-0.25, -0.2) is 4.79 Å². The predicted octanol–water partition coefficient (Wildman–Crippen LogP) is 3.11. The summed E-state index contributed by atoms with van der Waals surface area (Å²) in [6.07, 6.45) is 0. The minimum Gasteiger partial charge on any atom is -0.336 e. The SMILES string of the molecule is CC(C)NC(=O)NCc1ccc2sccc2c1. The van der Waals surface area contributed by atoms with Gasteiger partial charge in [-0.15, -0.1) is 11.3 Å². The van der Waals surface area contributed by atoms with Gasteiger partial charge in [-0.1, -0.05) is 6.07 Å². The molecule has 0 saturated heterocycles. The number of benzene rings is 1. The molecule has 0 fully saturated rings. The molecule has 17 heavy (non-hydrogen) atoms. The fourth-order valence-electron chi connectivity index (χ4n) is 1.62. The Balaban J connectivity index is 1.96. The van der Waals surface area contributed by atoms with Crippen LogP contribution in [0.5, 0.6) is 0 Å². The Hall–Kier alpha value is -1.55. The topological polar surface area (TPSA) is 41.1 Å². The second-order valence-electron chi connectivity index (χ2n) is 4.27. The molecular formula is C13H16N2OS. The smallest absolute Gasteiger partial charge is 0.315 e. The first-order chi connectivity index (χ1) is 8.15. The molecule has 0 saturated carbocycles. The number of carbonyl (C=O) groups excluding carboxylic acids is 1. The predicted molar refractivity (Wildman–Crippen MR) is 72.3 cm³/mol. The van der Waals surface area contributed by atoms with Crippen molar-refractivity contribution in [1.82, 2.24) is 10.6 Å². The van der Waals surface area contributed by atoms with Crippen LogP contribution in [0, 0.1) is 0 Å². The molecule has 0 aliphatic carbocycles. The number of urea groups is 1. The van der Waals surface area contributed by atoms with Gasteiger partial charge in [-0.2, -0.15) is 0 Å². The van der Waals surface area contributed by atoms with E-state index in [1.807, 2.05) is 13.8 Å². The molecule has 1 heterocycles. The molecule has 0 bridgehead atoms. The van der Waals surface area contributed by atoms with E-state index >= 15 is 0 Å². The number of nitrogens with one attached hydrogen (secondary N) is 2. The molecule has 0 atom stereocenters. The van der Waals surface area contributed by atoms with E-state index in [0.717, 1.165) is 5.56 Å². The van der Waals surface area contributed by atoms with E-state index in [1.165, 1.54) is 10.1 Å². The van der Waals surface area contributed by atoms with Crippen molar-refractivity contribution in [1.29, 1.82) is 0 Å². The van der Waals surface area contributed by atoms with E-state index < -0.39 is 0 Å². The van der Waals surface area contributed by atoms with Crippen LogP contribution in [0.3, 0.4) is 0 Å². The Bertz CT molecular complexity index is 519. The van der Waals surface area contributed by atoms with Crippen molar-refractivity contribution < 1.29 is 4.79 Å². The van der Waals surface area contributed by atoms with Gasteiger partial charge in [-0.3, -0.25) is 0 Å². The van der Waals surface area contributed by atoms with Gasteiger partial charge in [0.05, 0.1) is 0 Å². The highest BCUT2D eigenvalue weighted by Gasteiger charge is 2.02. The lowest BCUT2D eigenvalue weighted by Gasteiger charge is -2.10. The van der Waals surface area contributed by atoms with Crippen LogP contribution in [0.4, 0.5) is 4.79 Å². The zero-order chi connectivity index (χ0) is 12.3. The number of hydrogen-bond acceptors (Lipinski definition) is 2. The second-order valence-corrected chi connectivity index (χ2v) is 5.22. The molecule has 90 valence electrons. The first-order valence-electron chi connectivity index (χ1n) is 5.65. The molecule has 1 aromatic heterocycles. The fourth-order valence-corrected chi connectivity index (χ4v) is 2.39. The van der Waals surface area contributed by atoms with Crippen molar-refractivity contribution in [3.63, 3.8) is 0 Å². The van der Waals surface area contributed by atoms with E-state index in [4.69, 9.17) is 0 Å². The van der Waals surface area contributed by atoms with Gasteiger partial charge >= 0.3 is 6.03 Å². The van der Waals surface area contributed by atoms with Crippen LogP contribution in [0.15, 0.2) is 29.6 Å². The van der Waals surface area contributed by atoms with Crippen LogP contribution in [0.25, 0.3) is 10.1 Å². The minimum absolute atomic E-state index is 0.120. The summed E-state index contributed by atoms with van der Waals surface area (Å²) >= 11 is 1.73. The molecule has 0 aliphatic heterocycles. The van der Waals surface area contributed by atoms with Gasteiger partial charge in [0, 0.05) is 17.3 Å². The van der Waals surface area contributed by atoms with Crippen molar-refractivity contribution in [3.8, 4) is 0 Å². The summed E-state index contributed by atoms with van der Waals surface area (Å²) in [5, 5.41) is 8.95. The van der Waals surface area contributed by atoms with Crippen LogP contribution in [-0.4, -0.2) is 12.1 Å². The Morgan fingerprint density at radius 1 is 1.35 bits per heavy atom. The summed E-state index contributed by atoms with van der Waals surface area (Å²) in [7, 11) is 0. The third-order valence-electron chi connectivity index (χ3n) is 2.39. The maximum atomic E-state index is 11.4. The molecule has 0 spiro atoms. The minimum atomic E-state index is -0.120. The first-order valence-corrected chi connectivity index (χ1v) is 6.53. The van der Waals surface area contributed by atoms with Gasteiger partial charge < -0.3 is 10.6 Å². The van der Waals surface area contributed by atoms with Crippen LogP contribution in [-0.2, 0) is 6.54 Å². The third-order valence-corrected chi connectivity index (χ3v) is 3.29. The molecule has 2 aromatic rings. The van der Waals surface area contributed by atoms with Gasteiger partial charge in [-0.05, 0) is 48.4 Å². The van der Waals surface area contributed by atoms with Crippen molar-refractivity contribution in [2.45, 2.75) is 26.4 Å². The average Bonchev–Trinajstić information content (AvgIpc) is 2.72. The van der Waals surface area contributed by atoms with E-state index in [9.17, 15) is 4.79 Å². The molecule has 2 amide bonds. The number of thiophene rings is 1. The summed E-state index contributed by atoms with van der Waals surface area (Å²) < 4.78 is 1.28. The number of hydrogen-bond donors (Lipinski definition) is 2. The van der Waals surface area contributed by atoms with Crippen LogP contribution < -0.4 is 10.6 Å². The Morgan fingerprint density at radius 3 is 2.94 bits per heavy atom. The molecule has 0 radical (unpaired) electrons. The fraction of sp³-hybridized carbons (Fsp3) is 0.308. The summed E-state index contributed by atoms with van der Waals surface area (Å²) in [4.78, 5) is 11.4. The van der Waals surface area contributed by atoms with E-state index in [2.05, 4.69) is 40.3 Å². The summed E-state index contributed by atoms with van der Waals surface area (Å²) in [5.41, 5.74) is 1.12. The normalized spacial score (nSPS) is 10.8. The average molecular weight is 248 g/mol. The molecule has 1 aromatic carbocycles. The van der Waals surface area contributed by atoms with Crippen LogP contribution in [0.1, 0.15) is 19.4 Å². The van der Waals surface area contributed by atoms with Crippen molar-refractivity contribution in [2.75, 3.05) is 0 Å². The maximum Gasteiger partial charge on any atom is 0.315 e. The maximum absolute atomic E-state index is 11.4. The van der Waals surface area contributed by atoms with Gasteiger partial charge in [0.1, 0.15) is 0 Å². The number of rotatable bonds is 3. The highest BCUT2D eigenvalue weighted by atomic mass is 32.1. The van der Waals surface area contributed by atoms with Crippen molar-refractivity contribution in [2.24, 2.45) is 0 Å². The number of amides is 2. The Morgan fingerprint density at radius 2 is 2.18 bits per heavy atom. The lowest BCUT2D eigenvalue weighted by molar-refractivity contribution is 0.238. The van der Waals surface area contributed by atoms with Crippen molar-refractivity contribution >= 4 is 27.5 Å². The molecule has 0 aliphatic rings. The molecule has 0 unspecified atom stereocenters. The molecule has 2 N–H and O–H groups in total. The van der Waals surface area contributed by atoms with Gasteiger partial charge in [0.25, 0.3) is 0 Å². The molecule has 2 rings (SSSR count). The molecular weight excluding hydrogens is 232 g/mol. The quantitative estimate of drug-likeness (QED) is 0.861. The second kappa shape index (κ2) is 5.19. The highest BCUT2D eigenvalue weighted by Crippen LogP contribution is 2.21. The Kier molecular flexibility index (Phi) is 3.64. The number of carbonyl (C=O) groups is 1. The summed E-state index contributed by atoms with van der Waals surface area (Å²) in [6.45, 7) is 4.44. The van der Waals surface area contributed by atoms with E-state index in [-0.39, 0.29) is 12.1 Å². The largest absolute Gasteiger partial charge is 0.336 e. The zero-order valence-corrected chi connectivity index (χ0v) is 10.8. The Labute approximate surface area is 105 Å². The monoisotopic (exact) mass is 248 g/mol. The van der Waals surface area contributed by atoms with Crippen LogP contribution >= 0.6 is 11.3 Å². The lowest BCUT2D eigenvalue weighted by Crippen LogP contribution is -2.38. The standard InChI is InChI=1S/C13H16N2OS/c1-9(2)15-13(16)14-8-10-3-4-12-11(7-10)5-6-17-12/h3-7,9H,8H2,1-2H3,(H2,14,15,16). The van der Waals surface area contributed by atoms with Gasteiger partial charge in [0.15, 0.2) is 0 Å².